The summed E-state index contributed by atoms with van der Waals surface area (Å²) in [6, 6.07) is 0. The topological polar surface area (TPSA) is 71.8 Å². The number of nitrogens with zero attached hydrogens (tertiary/aromatic N) is 3. The Morgan fingerprint density at radius 1 is 1.65 bits per heavy atom. The number of carbonyl (C=O) groups excluding carboxylic acids is 1. The summed E-state index contributed by atoms with van der Waals surface area (Å²) in [4.78, 5) is 15.6. The van der Waals surface area contributed by atoms with Crippen LogP contribution in [0.4, 0.5) is 5.95 Å². The van der Waals surface area contributed by atoms with Crippen molar-refractivity contribution in [1.82, 2.24) is 20.1 Å². The molecular weight excluding hydrogens is 238 g/mol. The molecule has 2 heterocycles. The van der Waals surface area contributed by atoms with Gasteiger partial charge in [0, 0.05) is 12.3 Å². The van der Waals surface area contributed by atoms with E-state index in [1.54, 1.807) is 23.5 Å². The standard InChI is InChI=1S/C10H17N5OS/c1-15-10(12-7-13-15)14-9(16)6-17-8-2-4-11-5-3-8/h7-8,11H,2-6H2,1H3,(H,12,13,14,16). The first-order valence-corrected chi connectivity index (χ1v) is 6.77. The van der Waals surface area contributed by atoms with Crippen molar-refractivity contribution in [2.45, 2.75) is 18.1 Å². The molecule has 7 heteroatoms. The van der Waals surface area contributed by atoms with E-state index in [0.717, 1.165) is 25.9 Å². The second kappa shape index (κ2) is 6.02. The smallest absolute Gasteiger partial charge is 0.236 e. The van der Waals surface area contributed by atoms with E-state index in [-0.39, 0.29) is 5.91 Å². The first-order chi connectivity index (χ1) is 8.25. The van der Waals surface area contributed by atoms with E-state index in [0.29, 0.717) is 17.0 Å². The Morgan fingerprint density at radius 3 is 3.06 bits per heavy atom. The van der Waals surface area contributed by atoms with Gasteiger partial charge in [0.2, 0.25) is 11.9 Å². The molecule has 2 rings (SSSR count). The maximum Gasteiger partial charge on any atom is 0.236 e. The van der Waals surface area contributed by atoms with Crippen LogP contribution in [0.2, 0.25) is 0 Å². The average Bonchev–Trinajstić information content (AvgIpc) is 2.74. The summed E-state index contributed by atoms with van der Waals surface area (Å²) in [6.45, 7) is 2.12. The van der Waals surface area contributed by atoms with Crippen LogP contribution in [-0.2, 0) is 11.8 Å². The number of aromatic nitrogens is 3. The molecule has 1 aliphatic rings. The number of anilines is 1. The van der Waals surface area contributed by atoms with Crippen molar-refractivity contribution < 1.29 is 4.79 Å². The molecule has 1 aliphatic heterocycles. The Bertz CT molecular complexity index is 375. The molecule has 0 spiro atoms. The highest BCUT2D eigenvalue weighted by molar-refractivity contribution is 8.00. The minimum atomic E-state index is -0.00960. The zero-order valence-corrected chi connectivity index (χ0v) is 10.7. The van der Waals surface area contributed by atoms with Crippen LogP contribution in [-0.4, -0.2) is 44.8 Å². The lowest BCUT2D eigenvalue weighted by Crippen LogP contribution is -2.30. The molecule has 1 aromatic rings. The molecule has 0 saturated carbocycles. The fourth-order valence-corrected chi connectivity index (χ4v) is 2.75. The van der Waals surface area contributed by atoms with Gasteiger partial charge in [-0.25, -0.2) is 4.68 Å². The molecule has 0 bridgehead atoms. The van der Waals surface area contributed by atoms with Gasteiger partial charge in [0.15, 0.2) is 0 Å². The fourth-order valence-electron chi connectivity index (χ4n) is 1.73. The molecule has 1 fully saturated rings. The molecule has 0 aliphatic carbocycles. The second-order valence-electron chi connectivity index (χ2n) is 4.02. The van der Waals surface area contributed by atoms with E-state index in [2.05, 4.69) is 20.7 Å². The van der Waals surface area contributed by atoms with Crippen molar-refractivity contribution in [3.05, 3.63) is 6.33 Å². The number of hydrogen-bond donors (Lipinski definition) is 2. The maximum absolute atomic E-state index is 11.7. The van der Waals surface area contributed by atoms with Crippen molar-refractivity contribution in [3.63, 3.8) is 0 Å². The molecule has 94 valence electrons. The Hall–Kier alpha value is -1.08. The molecule has 1 saturated heterocycles. The third kappa shape index (κ3) is 3.71. The number of piperidine rings is 1. The van der Waals surface area contributed by atoms with Gasteiger partial charge in [-0.1, -0.05) is 0 Å². The van der Waals surface area contributed by atoms with E-state index in [4.69, 9.17) is 0 Å². The summed E-state index contributed by atoms with van der Waals surface area (Å²) in [5.74, 6) is 0.975. The van der Waals surface area contributed by atoms with E-state index >= 15 is 0 Å². The van der Waals surface area contributed by atoms with Crippen LogP contribution in [0.3, 0.4) is 0 Å². The van der Waals surface area contributed by atoms with Crippen LogP contribution in [0.5, 0.6) is 0 Å². The molecule has 17 heavy (non-hydrogen) atoms. The van der Waals surface area contributed by atoms with E-state index in [1.807, 2.05) is 0 Å². The Morgan fingerprint density at radius 2 is 2.41 bits per heavy atom. The van der Waals surface area contributed by atoms with E-state index < -0.39 is 0 Å². The number of amides is 1. The highest BCUT2D eigenvalue weighted by atomic mass is 32.2. The van der Waals surface area contributed by atoms with Gasteiger partial charge in [-0.2, -0.15) is 10.1 Å². The first-order valence-electron chi connectivity index (χ1n) is 5.72. The van der Waals surface area contributed by atoms with Crippen LogP contribution in [0, 0.1) is 0 Å². The van der Waals surface area contributed by atoms with Crippen molar-refractivity contribution in [2.75, 3.05) is 24.2 Å². The maximum atomic E-state index is 11.7. The predicted molar refractivity (Wildman–Crippen MR) is 68.0 cm³/mol. The van der Waals surface area contributed by atoms with Crippen LogP contribution >= 0.6 is 11.8 Å². The zero-order valence-electron chi connectivity index (χ0n) is 9.85. The first kappa shape index (κ1) is 12.4. The van der Waals surface area contributed by atoms with Crippen molar-refractivity contribution in [3.8, 4) is 0 Å². The number of thioether (sulfide) groups is 1. The monoisotopic (exact) mass is 255 g/mol. The molecule has 1 amide bonds. The fraction of sp³-hybridized carbons (Fsp3) is 0.700. The van der Waals surface area contributed by atoms with Gasteiger partial charge in [-0.3, -0.25) is 10.1 Å². The zero-order chi connectivity index (χ0) is 12.1. The van der Waals surface area contributed by atoms with E-state index in [9.17, 15) is 4.79 Å². The van der Waals surface area contributed by atoms with Gasteiger partial charge < -0.3 is 5.32 Å². The van der Waals surface area contributed by atoms with Crippen molar-refractivity contribution in [2.24, 2.45) is 7.05 Å². The highest BCUT2D eigenvalue weighted by Crippen LogP contribution is 2.19. The summed E-state index contributed by atoms with van der Waals surface area (Å²) >= 11 is 1.72. The molecule has 0 radical (unpaired) electrons. The van der Waals surface area contributed by atoms with Crippen molar-refractivity contribution in [1.29, 1.82) is 0 Å². The summed E-state index contributed by atoms with van der Waals surface area (Å²) < 4.78 is 1.55. The van der Waals surface area contributed by atoms with Gasteiger partial charge in [0.1, 0.15) is 6.33 Å². The summed E-state index contributed by atoms with van der Waals surface area (Å²) in [7, 11) is 1.75. The van der Waals surface area contributed by atoms with Gasteiger partial charge >= 0.3 is 0 Å². The number of rotatable bonds is 4. The number of hydrogen-bond acceptors (Lipinski definition) is 5. The predicted octanol–water partition coefficient (Wildman–Crippen LogP) is 0.239. The summed E-state index contributed by atoms with van der Waals surface area (Å²) in [6.07, 6.45) is 3.71. The molecular formula is C10H17N5OS. The van der Waals surface area contributed by atoms with Gasteiger partial charge in [0.25, 0.3) is 0 Å². The highest BCUT2D eigenvalue weighted by Gasteiger charge is 2.15. The van der Waals surface area contributed by atoms with Crippen molar-refractivity contribution >= 4 is 23.6 Å². The van der Waals surface area contributed by atoms with Crippen LogP contribution in [0.25, 0.3) is 0 Å². The lowest BCUT2D eigenvalue weighted by molar-refractivity contribution is -0.113. The second-order valence-corrected chi connectivity index (χ2v) is 5.30. The lowest BCUT2D eigenvalue weighted by atomic mass is 10.2. The summed E-state index contributed by atoms with van der Waals surface area (Å²) in [5.41, 5.74) is 0. The SMILES string of the molecule is Cn1ncnc1NC(=O)CSC1CCNCC1. The normalized spacial score (nSPS) is 17.0. The minimum Gasteiger partial charge on any atom is -0.317 e. The molecule has 6 nitrogen and oxygen atoms in total. The molecule has 1 aromatic heterocycles. The van der Waals surface area contributed by atoms with Gasteiger partial charge in [0.05, 0.1) is 5.75 Å². The Balaban J connectivity index is 1.72. The van der Waals surface area contributed by atoms with Crippen LogP contribution in [0.1, 0.15) is 12.8 Å². The Kier molecular flexibility index (Phi) is 4.38. The molecule has 0 unspecified atom stereocenters. The van der Waals surface area contributed by atoms with Gasteiger partial charge in [-0.15, -0.1) is 11.8 Å². The number of nitrogens with one attached hydrogen (secondary N) is 2. The number of carbonyl (C=O) groups is 1. The third-order valence-corrected chi connectivity index (χ3v) is 4.07. The lowest BCUT2D eigenvalue weighted by Gasteiger charge is -2.21. The Labute approximate surface area is 105 Å². The minimum absolute atomic E-state index is 0.00960. The average molecular weight is 255 g/mol. The van der Waals surface area contributed by atoms with Gasteiger partial charge in [-0.05, 0) is 25.9 Å². The van der Waals surface area contributed by atoms with Crippen LogP contribution in [0.15, 0.2) is 6.33 Å². The molecule has 0 atom stereocenters. The molecule has 0 aromatic carbocycles. The number of aryl methyl sites for hydroxylation is 1. The largest absolute Gasteiger partial charge is 0.317 e. The third-order valence-electron chi connectivity index (χ3n) is 2.70. The summed E-state index contributed by atoms with van der Waals surface area (Å²) in [5, 5.41) is 10.5. The van der Waals surface area contributed by atoms with Crippen LogP contribution < -0.4 is 10.6 Å². The quantitative estimate of drug-likeness (QED) is 0.806. The molecule has 2 N–H and O–H groups in total. The van der Waals surface area contributed by atoms with E-state index in [1.165, 1.54) is 6.33 Å².